The van der Waals surface area contributed by atoms with Crippen molar-refractivity contribution in [2.75, 3.05) is 26.4 Å². The van der Waals surface area contributed by atoms with E-state index >= 15 is 0 Å². The van der Waals surface area contributed by atoms with Crippen LogP contribution in [0.2, 0.25) is 0 Å². The lowest BCUT2D eigenvalue weighted by Gasteiger charge is -2.19. The van der Waals surface area contributed by atoms with Crippen LogP contribution in [0.25, 0.3) is 0 Å². The third-order valence-electron chi connectivity index (χ3n) is 12.8. The van der Waals surface area contributed by atoms with Gasteiger partial charge in [-0.25, -0.2) is 4.57 Å². The number of hydrogen-bond acceptors (Lipinski definition) is 8. The van der Waals surface area contributed by atoms with Crippen molar-refractivity contribution in [3.63, 3.8) is 0 Å². The van der Waals surface area contributed by atoms with Crippen LogP contribution in [0.5, 0.6) is 0 Å². The van der Waals surface area contributed by atoms with E-state index in [0.29, 0.717) is 6.42 Å². The maximum Gasteiger partial charge on any atom is 0.472 e. The summed E-state index contributed by atoms with van der Waals surface area (Å²) in [6.45, 7) is 3.65. The number of carbonyl (C=O) groups excluding carboxylic acids is 2. The summed E-state index contributed by atoms with van der Waals surface area (Å²) in [6.07, 6.45) is 76.4. The Morgan fingerprint density at radius 3 is 1.14 bits per heavy atom. The van der Waals surface area contributed by atoms with E-state index in [1.807, 2.05) is 0 Å². The fraction of sp³-hybridized carbons (Fsp3) is 0.746. The van der Waals surface area contributed by atoms with E-state index in [1.165, 1.54) is 161 Å². The summed E-state index contributed by atoms with van der Waals surface area (Å²) in [7, 11) is -4.39. The molecule has 0 bridgehead atoms. The zero-order chi connectivity index (χ0) is 53.1. The van der Waals surface area contributed by atoms with Gasteiger partial charge in [0.25, 0.3) is 0 Å². The summed E-state index contributed by atoms with van der Waals surface area (Å²) in [5.74, 6) is -0.828. The highest BCUT2D eigenvalue weighted by atomic mass is 31.2. The van der Waals surface area contributed by atoms with Crippen LogP contribution in [0.3, 0.4) is 0 Å². The number of hydrogen-bond donors (Lipinski definition) is 2. The minimum absolute atomic E-state index is 0.0504. The number of phosphoric ester groups is 1. The molecule has 73 heavy (non-hydrogen) atoms. The fourth-order valence-corrected chi connectivity index (χ4v) is 9.11. The number of ether oxygens (including phenoxy) is 2. The van der Waals surface area contributed by atoms with Gasteiger partial charge in [0.05, 0.1) is 13.2 Å². The molecule has 0 rings (SSSR count). The van der Waals surface area contributed by atoms with E-state index in [-0.39, 0.29) is 38.6 Å². The molecule has 0 aromatic carbocycles. The van der Waals surface area contributed by atoms with Gasteiger partial charge in [-0.1, -0.05) is 253 Å². The van der Waals surface area contributed by atoms with Crippen molar-refractivity contribution < 1.29 is 37.6 Å². The second-order valence-corrected chi connectivity index (χ2v) is 21.3. The number of nitrogens with two attached hydrogens (primary N) is 1. The van der Waals surface area contributed by atoms with E-state index < -0.39 is 26.5 Å². The van der Waals surface area contributed by atoms with E-state index in [1.54, 1.807) is 0 Å². The molecule has 0 spiro atoms. The van der Waals surface area contributed by atoms with Crippen molar-refractivity contribution in [2.45, 2.75) is 277 Å². The van der Waals surface area contributed by atoms with Gasteiger partial charge in [0, 0.05) is 19.4 Å². The topological polar surface area (TPSA) is 134 Å². The van der Waals surface area contributed by atoms with Crippen molar-refractivity contribution in [3.8, 4) is 0 Å². The molecule has 2 atom stereocenters. The molecular formula is C63H112NO8P. The molecule has 422 valence electrons. The zero-order valence-corrected chi connectivity index (χ0v) is 48.0. The first kappa shape index (κ1) is 70.2. The third kappa shape index (κ3) is 58.3. The third-order valence-corrected chi connectivity index (χ3v) is 13.7. The average molecular weight is 1040 g/mol. The standard InChI is InChI=1S/C63H112NO8P/c1-3-5-7-9-11-13-15-17-19-21-23-25-26-27-28-29-30-31-32-33-34-36-38-40-42-44-46-48-50-52-54-56-63(66)72-61(60-71-73(67,68)70-58-57-64)59-69-62(65)55-53-51-49-47-45-43-41-39-37-35-24-22-20-18-16-14-12-10-8-6-4-2/h5,7,11,13,17,19,22-25,27-28,30-31,61H,3-4,6,8-10,12,14-16,18,20-21,26,29,32-60,64H2,1-2H3,(H,67,68)/b7-5-,13-11-,19-17-,24-22-,25-23-,28-27-,31-30-. The largest absolute Gasteiger partial charge is 0.472 e. The van der Waals surface area contributed by atoms with Crippen molar-refractivity contribution in [1.82, 2.24) is 0 Å². The lowest BCUT2D eigenvalue weighted by molar-refractivity contribution is -0.161. The molecule has 3 N–H and O–H groups in total. The van der Waals surface area contributed by atoms with Crippen LogP contribution in [0.1, 0.15) is 271 Å². The summed E-state index contributed by atoms with van der Waals surface area (Å²) in [5.41, 5.74) is 5.39. The molecule has 0 aromatic rings. The Morgan fingerprint density at radius 2 is 0.753 bits per heavy atom. The highest BCUT2D eigenvalue weighted by Gasteiger charge is 2.26. The van der Waals surface area contributed by atoms with Gasteiger partial charge >= 0.3 is 19.8 Å². The van der Waals surface area contributed by atoms with Crippen LogP contribution in [0.15, 0.2) is 85.1 Å². The van der Waals surface area contributed by atoms with E-state index in [2.05, 4.69) is 98.9 Å². The first-order valence-electron chi connectivity index (χ1n) is 30.1. The van der Waals surface area contributed by atoms with Crippen molar-refractivity contribution in [1.29, 1.82) is 0 Å². The number of rotatable bonds is 56. The Bertz CT molecular complexity index is 1470. The quantitative estimate of drug-likeness (QED) is 0.0264. The number of unbranched alkanes of at least 4 members (excludes halogenated alkanes) is 29. The summed E-state index contributed by atoms with van der Waals surface area (Å²) >= 11 is 0. The molecule has 0 aromatic heterocycles. The van der Waals surface area contributed by atoms with Crippen molar-refractivity contribution in [3.05, 3.63) is 85.1 Å². The molecule has 0 aliphatic carbocycles. The lowest BCUT2D eigenvalue weighted by atomic mass is 10.0. The van der Waals surface area contributed by atoms with Crippen molar-refractivity contribution in [2.24, 2.45) is 5.73 Å². The first-order valence-corrected chi connectivity index (χ1v) is 31.6. The Hall–Kier alpha value is -2.81. The normalized spacial score (nSPS) is 13.6. The lowest BCUT2D eigenvalue weighted by Crippen LogP contribution is -2.29. The molecule has 0 radical (unpaired) electrons. The van der Waals surface area contributed by atoms with E-state index in [0.717, 1.165) is 77.0 Å². The molecule has 0 aliphatic heterocycles. The van der Waals surface area contributed by atoms with Crippen LogP contribution >= 0.6 is 7.82 Å². The Labute approximate surface area is 449 Å². The van der Waals surface area contributed by atoms with Gasteiger partial charge in [0.2, 0.25) is 0 Å². The summed E-state index contributed by atoms with van der Waals surface area (Å²) < 4.78 is 33.1. The molecule has 0 saturated heterocycles. The van der Waals surface area contributed by atoms with Gasteiger partial charge in [-0.15, -0.1) is 0 Å². The van der Waals surface area contributed by atoms with Crippen LogP contribution < -0.4 is 5.73 Å². The number of phosphoric acid groups is 1. The fourth-order valence-electron chi connectivity index (χ4n) is 8.34. The first-order chi connectivity index (χ1) is 35.8. The van der Waals surface area contributed by atoms with Crippen LogP contribution in [-0.2, 0) is 32.7 Å². The SMILES string of the molecule is CC/C=C\C/C=C\C/C=C\C/C=C\C/C=C\C/C=C\CCCCCCCCCCCCCCC(=O)OC(COC(=O)CCCCCCCCCCC/C=C\CCCCCCCCCC)COP(=O)(O)OCCN. The molecular weight excluding hydrogens is 930 g/mol. The Balaban J connectivity index is 3.97. The Kier molecular flexibility index (Phi) is 56.2. The van der Waals surface area contributed by atoms with Gasteiger partial charge in [-0.3, -0.25) is 18.6 Å². The number of esters is 2. The van der Waals surface area contributed by atoms with Crippen LogP contribution in [-0.4, -0.2) is 49.3 Å². The molecule has 0 heterocycles. The number of carbonyl (C=O) groups is 2. The Morgan fingerprint density at radius 1 is 0.425 bits per heavy atom. The summed E-state index contributed by atoms with van der Waals surface area (Å²) in [5, 5.41) is 0. The zero-order valence-electron chi connectivity index (χ0n) is 47.1. The highest BCUT2D eigenvalue weighted by molar-refractivity contribution is 7.47. The monoisotopic (exact) mass is 1040 g/mol. The van der Waals surface area contributed by atoms with Gasteiger partial charge in [-0.05, 0) is 89.9 Å². The van der Waals surface area contributed by atoms with Crippen LogP contribution in [0, 0.1) is 0 Å². The van der Waals surface area contributed by atoms with Crippen molar-refractivity contribution >= 4 is 19.8 Å². The minimum atomic E-state index is -4.39. The highest BCUT2D eigenvalue weighted by Crippen LogP contribution is 2.43. The summed E-state index contributed by atoms with van der Waals surface area (Å²) in [6, 6.07) is 0. The second kappa shape index (κ2) is 58.5. The van der Waals surface area contributed by atoms with E-state index in [9.17, 15) is 19.0 Å². The molecule has 0 amide bonds. The number of allylic oxidation sites excluding steroid dienone is 14. The van der Waals surface area contributed by atoms with Gasteiger partial charge in [0.15, 0.2) is 6.10 Å². The average Bonchev–Trinajstić information content (AvgIpc) is 3.38. The molecule has 0 fully saturated rings. The predicted octanol–water partition coefficient (Wildman–Crippen LogP) is 19.1. The maximum atomic E-state index is 12.7. The minimum Gasteiger partial charge on any atom is -0.462 e. The van der Waals surface area contributed by atoms with Gasteiger partial charge < -0.3 is 20.1 Å². The molecule has 2 unspecified atom stereocenters. The molecule has 9 nitrogen and oxygen atoms in total. The van der Waals surface area contributed by atoms with E-state index in [4.69, 9.17) is 24.3 Å². The predicted molar refractivity (Wildman–Crippen MR) is 312 cm³/mol. The maximum absolute atomic E-state index is 12.7. The molecule has 10 heteroatoms. The second-order valence-electron chi connectivity index (χ2n) is 19.8. The van der Waals surface area contributed by atoms with Crippen LogP contribution in [0.4, 0.5) is 0 Å². The van der Waals surface area contributed by atoms with Gasteiger partial charge in [0.1, 0.15) is 6.61 Å². The van der Waals surface area contributed by atoms with Gasteiger partial charge in [-0.2, -0.15) is 0 Å². The molecule has 0 saturated carbocycles. The molecule has 0 aliphatic rings. The smallest absolute Gasteiger partial charge is 0.462 e. The summed E-state index contributed by atoms with van der Waals surface area (Å²) in [4.78, 5) is 35.2.